The fourth-order valence-electron chi connectivity index (χ4n) is 0.974. The Bertz CT molecular complexity index is 421. The van der Waals surface area contributed by atoms with Gasteiger partial charge in [-0.2, -0.15) is 5.26 Å². The van der Waals surface area contributed by atoms with E-state index < -0.39 is 12.2 Å². The van der Waals surface area contributed by atoms with Crippen LogP contribution in [0.2, 0.25) is 0 Å². The molecule has 1 aromatic rings. The van der Waals surface area contributed by atoms with E-state index in [0.717, 1.165) is 0 Å². The number of halogens is 3. The fraction of sp³-hybridized carbons (Fsp3) is 0.333. The summed E-state index contributed by atoms with van der Waals surface area (Å²) < 4.78 is 39.5. The lowest BCUT2D eigenvalue weighted by molar-refractivity contribution is -0.276. The van der Waals surface area contributed by atoms with E-state index in [2.05, 4.69) is 9.72 Å². The molecule has 0 fully saturated rings. The number of nitrogens with zero attached hydrogens (tertiary/aromatic N) is 2. The molecule has 15 heavy (non-hydrogen) atoms. The highest BCUT2D eigenvalue weighted by atomic mass is 19.4. The Morgan fingerprint density at radius 2 is 2.00 bits per heavy atom. The highest BCUT2D eigenvalue weighted by Crippen LogP contribution is 2.26. The van der Waals surface area contributed by atoms with E-state index >= 15 is 0 Å². The molecule has 0 aliphatic rings. The van der Waals surface area contributed by atoms with E-state index in [-0.39, 0.29) is 11.3 Å². The van der Waals surface area contributed by atoms with Crippen LogP contribution in [-0.2, 0) is 0 Å². The first kappa shape index (κ1) is 11.3. The Morgan fingerprint density at radius 1 is 1.40 bits per heavy atom. The molecule has 0 saturated carbocycles. The van der Waals surface area contributed by atoms with Gasteiger partial charge in [0.2, 0.25) is 5.88 Å². The van der Waals surface area contributed by atoms with Gasteiger partial charge in [-0.3, -0.25) is 0 Å². The molecular formula is C9H7F3N2O. The van der Waals surface area contributed by atoms with Gasteiger partial charge in [-0.25, -0.2) is 4.98 Å². The molecule has 3 nitrogen and oxygen atoms in total. The lowest BCUT2D eigenvalue weighted by Crippen LogP contribution is -2.19. The van der Waals surface area contributed by atoms with Gasteiger partial charge < -0.3 is 4.74 Å². The summed E-state index contributed by atoms with van der Waals surface area (Å²) in [6.45, 7) is 3.03. The first-order valence-electron chi connectivity index (χ1n) is 3.97. The average molecular weight is 216 g/mol. The van der Waals surface area contributed by atoms with Crippen molar-refractivity contribution in [3.8, 4) is 11.9 Å². The molecule has 0 N–H and O–H groups in total. The largest absolute Gasteiger partial charge is 0.574 e. The van der Waals surface area contributed by atoms with Crippen LogP contribution in [0, 0.1) is 25.2 Å². The van der Waals surface area contributed by atoms with Gasteiger partial charge in [-0.05, 0) is 25.5 Å². The zero-order valence-electron chi connectivity index (χ0n) is 8.01. The monoisotopic (exact) mass is 216 g/mol. The third-order valence-corrected chi connectivity index (χ3v) is 1.81. The van der Waals surface area contributed by atoms with Crippen LogP contribution in [0.4, 0.5) is 13.2 Å². The Kier molecular flexibility index (Phi) is 2.84. The smallest absolute Gasteiger partial charge is 0.388 e. The summed E-state index contributed by atoms with van der Waals surface area (Å²) in [6, 6.07) is 3.06. The van der Waals surface area contributed by atoms with Gasteiger partial charge in [-0.15, -0.1) is 13.2 Å². The highest BCUT2D eigenvalue weighted by molar-refractivity contribution is 5.38. The third-order valence-electron chi connectivity index (χ3n) is 1.81. The van der Waals surface area contributed by atoms with Crippen molar-refractivity contribution in [2.24, 2.45) is 0 Å². The summed E-state index contributed by atoms with van der Waals surface area (Å²) in [5.41, 5.74) is 0.699. The van der Waals surface area contributed by atoms with Gasteiger partial charge in [-0.1, -0.05) is 0 Å². The molecule has 0 aliphatic heterocycles. The van der Waals surface area contributed by atoms with Gasteiger partial charge in [0.05, 0.1) is 0 Å². The molecule has 1 rings (SSSR count). The number of hydrogen-bond acceptors (Lipinski definition) is 3. The molecule has 1 aromatic heterocycles. The van der Waals surface area contributed by atoms with Gasteiger partial charge in [0.1, 0.15) is 11.8 Å². The summed E-state index contributed by atoms with van der Waals surface area (Å²) in [5.74, 6) is -0.570. The minimum absolute atomic E-state index is 0.0997. The molecule has 0 amide bonds. The summed E-state index contributed by atoms with van der Waals surface area (Å²) in [4.78, 5) is 3.43. The van der Waals surface area contributed by atoms with Gasteiger partial charge >= 0.3 is 6.36 Å². The maximum absolute atomic E-state index is 11.9. The number of ether oxygens (including phenoxy) is 1. The normalized spacial score (nSPS) is 10.9. The Morgan fingerprint density at radius 3 is 2.47 bits per heavy atom. The number of pyridine rings is 1. The van der Waals surface area contributed by atoms with E-state index in [1.54, 1.807) is 13.0 Å². The van der Waals surface area contributed by atoms with Crippen molar-refractivity contribution < 1.29 is 17.9 Å². The van der Waals surface area contributed by atoms with Gasteiger partial charge in [0.25, 0.3) is 0 Å². The second-order valence-electron chi connectivity index (χ2n) is 2.91. The predicted octanol–water partition coefficient (Wildman–Crippen LogP) is 2.47. The summed E-state index contributed by atoms with van der Waals surface area (Å²) in [5, 5.41) is 8.53. The summed E-state index contributed by atoms with van der Waals surface area (Å²) in [7, 11) is 0. The maximum atomic E-state index is 11.9. The number of nitriles is 1. The molecule has 1 heterocycles. The molecule has 6 heteroatoms. The fourth-order valence-corrected chi connectivity index (χ4v) is 0.974. The number of alkyl halides is 3. The molecular weight excluding hydrogens is 209 g/mol. The molecule has 0 saturated heterocycles. The van der Waals surface area contributed by atoms with E-state index in [0.29, 0.717) is 5.56 Å². The van der Waals surface area contributed by atoms with E-state index in [4.69, 9.17) is 5.26 Å². The molecule has 0 spiro atoms. The number of aryl methyl sites for hydroxylation is 1. The van der Waals surface area contributed by atoms with Crippen molar-refractivity contribution in [3.05, 3.63) is 22.9 Å². The number of hydrogen-bond donors (Lipinski definition) is 0. The van der Waals surface area contributed by atoms with Crippen molar-refractivity contribution in [1.82, 2.24) is 4.98 Å². The first-order valence-corrected chi connectivity index (χ1v) is 3.97. The van der Waals surface area contributed by atoms with Crippen LogP contribution in [-0.4, -0.2) is 11.3 Å². The van der Waals surface area contributed by atoms with Crippen molar-refractivity contribution in [3.63, 3.8) is 0 Å². The van der Waals surface area contributed by atoms with E-state index in [9.17, 15) is 13.2 Å². The van der Waals surface area contributed by atoms with E-state index in [1.165, 1.54) is 13.0 Å². The quantitative estimate of drug-likeness (QED) is 0.724. The standard InChI is InChI=1S/C9H7F3N2O/c1-5-3-7(4-13)14-8(6(5)2)15-9(10,11)12/h3H,1-2H3. The van der Waals surface area contributed by atoms with Crippen LogP contribution < -0.4 is 4.74 Å². The second kappa shape index (κ2) is 3.77. The molecule has 0 aromatic carbocycles. The zero-order valence-corrected chi connectivity index (χ0v) is 8.01. The molecule has 0 atom stereocenters. The lowest BCUT2D eigenvalue weighted by atomic mass is 10.1. The van der Waals surface area contributed by atoms with E-state index in [1.807, 2.05) is 0 Å². The van der Waals surface area contributed by atoms with Crippen molar-refractivity contribution >= 4 is 0 Å². The van der Waals surface area contributed by atoms with Gasteiger partial charge in [0, 0.05) is 5.56 Å². The van der Waals surface area contributed by atoms with Crippen LogP contribution in [0.25, 0.3) is 0 Å². The minimum Gasteiger partial charge on any atom is -0.388 e. The van der Waals surface area contributed by atoms with Crippen LogP contribution in [0.5, 0.6) is 5.88 Å². The number of aromatic nitrogens is 1. The SMILES string of the molecule is Cc1cc(C#N)nc(OC(F)(F)F)c1C. The molecule has 80 valence electrons. The Balaban J connectivity index is 3.18. The predicted molar refractivity (Wildman–Crippen MR) is 45.1 cm³/mol. The topological polar surface area (TPSA) is 45.9 Å². The number of rotatable bonds is 1. The average Bonchev–Trinajstić information content (AvgIpc) is 2.10. The van der Waals surface area contributed by atoms with Crippen molar-refractivity contribution in [1.29, 1.82) is 5.26 Å². The summed E-state index contributed by atoms with van der Waals surface area (Å²) >= 11 is 0. The van der Waals surface area contributed by atoms with Crippen molar-refractivity contribution in [2.45, 2.75) is 20.2 Å². The van der Waals surface area contributed by atoms with Crippen molar-refractivity contribution in [2.75, 3.05) is 0 Å². The Labute approximate surface area is 84.1 Å². The van der Waals surface area contributed by atoms with Crippen LogP contribution in [0.15, 0.2) is 6.07 Å². The molecule has 0 aliphatic carbocycles. The van der Waals surface area contributed by atoms with Crippen LogP contribution in [0.3, 0.4) is 0 Å². The molecule has 0 unspecified atom stereocenters. The lowest BCUT2D eigenvalue weighted by Gasteiger charge is -2.11. The summed E-state index contributed by atoms with van der Waals surface area (Å²) in [6.07, 6.45) is -4.79. The van der Waals surface area contributed by atoms with Crippen LogP contribution >= 0.6 is 0 Å². The second-order valence-corrected chi connectivity index (χ2v) is 2.91. The minimum atomic E-state index is -4.79. The molecule has 0 bridgehead atoms. The first-order chi connectivity index (χ1) is 6.83. The van der Waals surface area contributed by atoms with Gasteiger partial charge in [0.15, 0.2) is 0 Å². The molecule has 0 radical (unpaired) electrons. The van der Waals surface area contributed by atoms with Crippen LogP contribution in [0.1, 0.15) is 16.8 Å². The highest BCUT2D eigenvalue weighted by Gasteiger charge is 2.32. The maximum Gasteiger partial charge on any atom is 0.574 e. The third kappa shape index (κ3) is 2.84. The Hall–Kier alpha value is -1.77. The zero-order chi connectivity index (χ0) is 11.6.